The van der Waals surface area contributed by atoms with Gasteiger partial charge in [-0.05, 0) is 41.9 Å². The summed E-state index contributed by atoms with van der Waals surface area (Å²) in [5, 5.41) is 2.90. The quantitative estimate of drug-likeness (QED) is 0.763. The molecule has 1 amide bonds. The van der Waals surface area contributed by atoms with Crippen LogP contribution in [0.1, 0.15) is 19.4 Å². The Bertz CT molecular complexity index is 492. The molecule has 0 heterocycles. The first-order chi connectivity index (χ1) is 9.87. The van der Waals surface area contributed by atoms with E-state index in [2.05, 4.69) is 21.2 Å². The number of carbonyl (C=O) groups is 1. The molecule has 0 aliphatic carbocycles. The predicted molar refractivity (Wildman–Crippen MR) is 86.0 cm³/mol. The molecule has 0 aromatic heterocycles. The Hall–Kier alpha value is -1.27. The Morgan fingerprint density at radius 3 is 2.43 bits per heavy atom. The first-order valence-corrected chi connectivity index (χ1v) is 7.67. The van der Waals surface area contributed by atoms with Crippen molar-refractivity contribution in [2.75, 3.05) is 27.8 Å². The molecule has 0 bridgehead atoms. The summed E-state index contributed by atoms with van der Waals surface area (Å²) in [4.78, 5) is 12.9. The Morgan fingerprint density at radius 1 is 1.29 bits per heavy atom. The second kappa shape index (κ2) is 8.24. The molecule has 2 N–H and O–H groups in total. The molecular formula is C15H24BrN2O3+. The number of hydrogen-bond donors (Lipinski definition) is 2. The lowest BCUT2D eigenvalue weighted by Crippen LogP contribution is -3.09. The van der Waals surface area contributed by atoms with Crippen LogP contribution in [0, 0.1) is 0 Å². The van der Waals surface area contributed by atoms with Crippen LogP contribution in [-0.2, 0) is 11.3 Å². The molecule has 0 fully saturated rings. The van der Waals surface area contributed by atoms with Gasteiger partial charge in [0.1, 0.15) is 18.0 Å². The summed E-state index contributed by atoms with van der Waals surface area (Å²) in [6.07, 6.45) is 0. The van der Waals surface area contributed by atoms with Crippen molar-refractivity contribution < 1.29 is 19.2 Å². The molecule has 1 rings (SSSR count). The van der Waals surface area contributed by atoms with Crippen molar-refractivity contribution >= 4 is 21.8 Å². The third-order valence-electron chi connectivity index (χ3n) is 2.96. The standard InChI is InChI=1S/C15H23BrN2O3/c1-10(2)17-15(19)9-18(3)8-11-6-14(21-5)12(16)7-13(11)20-4/h6-7,10H,8-9H2,1-5H3,(H,17,19)/p+1. The molecule has 1 unspecified atom stereocenters. The zero-order chi connectivity index (χ0) is 16.0. The van der Waals surface area contributed by atoms with Crippen LogP contribution in [0.4, 0.5) is 0 Å². The van der Waals surface area contributed by atoms with Crippen molar-refractivity contribution in [3.63, 3.8) is 0 Å². The Morgan fingerprint density at radius 2 is 1.90 bits per heavy atom. The van der Waals surface area contributed by atoms with Gasteiger partial charge in [-0.2, -0.15) is 0 Å². The molecule has 0 saturated carbocycles. The number of benzene rings is 1. The fourth-order valence-electron chi connectivity index (χ4n) is 2.10. The molecule has 0 radical (unpaired) electrons. The lowest BCUT2D eigenvalue weighted by Gasteiger charge is -2.17. The summed E-state index contributed by atoms with van der Waals surface area (Å²) >= 11 is 3.44. The van der Waals surface area contributed by atoms with E-state index in [-0.39, 0.29) is 11.9 Å². The van der Waals surface area contributed by atoms with E-state index < -0.39 is 0 Å². The number of hydrogen-bond acceptors (Lipinski definition) is 3. The summed E-state index contributed by atoms with van der Waals surface area (Å²) in [6, 6.07) is 3.98. The average molecular weight is 360 g/mol. The van der Waals surface area contributed by atoms with Crippen LogP contribution in [0.2, 0.25) is 0 Å². The maximum absolute atomic E-state index is 11.8. The molecule has 0 aliphatic heterocycles. The van der Waals surface area contributed by atoms with Crippen molar-refractivity contribution in [2.45, 2.75) is 26.4 Å². The van der Waals surface area contributed by atoms with Crippen molar-refractivity contribution in [1.82, 2.24) is 5.32 Å². The van der Waals surface area contributed by atoms with Gasteiger partial charge in [-0.15, -0.1) is 0 Å². The number of amides is 1. The average Bonchev–Trinajstić information content (AvgIpc) is 2.38. The predicted octanol–water partition coefficient (Wildman–Crippen LogP) is 1.01. The molecule has 0 saturated heterocycles. The summed E-state index contributed by atoms with van der Waals surface area (Å²) in [7, 11) is 5.25. The Labute approximate surface area is 134 Å². The van der Waals surface area contributed by atoms with Crippen LogP contribution < -0.4 is 19.7 Å². The maximum Gasteiger partial charge on any atom is 0.275 e. The number of carbonyl (C=O) groups excluding carboxylic acids is 1. The molecule has 21 heavy (non-hydrogen) atoms. The van der Waals surface area contributed by atoms with E-state index >= 15 is 0 Å². The van der Waals surface area contributed by atoms with Gasteiger partial charge in [0.05, 0.1) is 31.3 Å². The Kier molecular flexibility index (Phi) is 6.98. The highest BCUT2D eigenvalue weighted by atomic mass is 79.9. The third kappa shape index (κ3) is 5.55. The number of halogens is 1. The minimum Gasteiger partial charge on any atom is -0.496 e. The van der Waals surface area contributed by atoms with Gasteiger partial charge in [0.2, 0.25) is 0 Å². The molecule has 6 heteroatoms. The van der Waals surface area contributed by atoms with E-state index in [1.807, 2.05) is 33.0 Å². The summed E-state index contributed by atoms with van der Waals surface area (Å²) in [5.74, 6) is 1.59. The molecule has 0 spiro atoms. The van der Waals surface area contributed by atoms with Gasteiger partial charge in [0, 0.05) is 6.04 Å². The normalized spacial score (nSPS) is 12.1. The van der Waals surface area contributed by atoms with E-state index in [1.54, 1.807) is 14.2 Å². The zero-order valence-electron chi connectivity index (χ0n) is 13.2. The minimum absolute atomic E-state index is 0.0468. The highest BCUT2D eigenvalue weighted by Gasteiger charge is 2.16. The lowest BCUT2D eigenvalue weighted by atomic mass is 10.1. The van der Waals surface area contributed by atoms with Gasteiger partial charge in [-0.25, -0.2) is 0 Å². The molecule has 1 aromatic carbocycles. The number of nitrogens with one attached hydrogen (secondary N) is 2. The van der Waals surface area contributed by atoms with E-state index in [4.69, 9.17) is 9.47 Å². The smallest absolute Gasteiger partial charge is 0.275 e. The fourth-order valence-corrected chi connectivity index (χ4v) is 2.58. The van der Waals surface area contributed by atoms with Crippen molar-refractivity contribution in [3.05, 3.63) is 22.2 Å². The number of likely N-dealkylation sites (N-methyl/N-ethyl adjacent to an activating group) is 1. The second-order valence-corrected chi connectivity index (χ2v) is 6.19. The third-order valence-corrected chi connectivity index (χ3v) is 3.58. The Balaban J connectivity index is 2.79. The molecule has 1 aromatic rings. The van der Waals surface area contributed by atoms with Crippen LogP contribution in [0.25, 0.3) is 0 Å². The molecule has 0 aliphatic rings. The topological polar surface area (TPSA) is 52.0 Å². The number of quaternary nitrogens is 1. The number of rotatable bonds is 7. The first kappa shape index (κ1) is 17.8. The maximum atomic E-state index is 11.8. The van der Waals surface area contributed by atoms with Gasteiger partial charge in [-0.1, -0.05) is 0 Å². The number of ether oxygens (including phenoxy) is 2. The van der Waals surface area contributed by atoms with E-state index in [9.17, 15) is 4.79 Å². The summed E-state index contributed by atoms with van der Waals surface area (Å²) < 4.78 is 11.6. The molecule has 1 atom stereocenters. The summed E-state index contributed by atoms with van der Waals surface area (Å²) in [6.45, 7) is 5.00. The minimum atomic E-state index is 0.0468. The largest absolute Gasteiger partial charge is 0.496 e. The second-order valence-electron chi connectivity index (χ2n) is 5.33. The zero-order valence-corrected chi connectivity index (χ0v) is 14.8. The SMILES string of the molecule is COc1cc(C[NH+](C)CC(=O)NC(C)C)c(OC)cc1Br. The van der Waals surface area contributed by atoms with Crippen LogP contribution in [0.5, 0.6) is 11.5 Å². The van der Waals surface area contributed by atoms with Gasteiger partial charge in [0.25, 0.3) is 5.91 Å². The lowest BCUT2D eigenvalue weighted by molar-refractivity contribution is -0.885. The van der Waals surface area contributed by atoms with Gasteiger partial charge in [-0.3, -0.25) is 4.79 Å². The van der Waals surface area contributed by atoms with E-state index in [0.29, 0.717) is 13.1 Å². The number of methoxy groups -OCH3 is 2. The van der Waals surface area contributed by atoms with E-state index in [0.717, 1.165) is 26.4 Å². The fraction of sp³-hybridized carbons (Fsp3) is 0.533. The van der Waals surface area contributed by atoms with Crippen LogP contribution in [0.15, 0.2) is 16.6 Å². The highest BCUT2D eigenvalue weighted by molar-refractivity contribution is 9.10. The van der Waals surface area contributed by atoms with Gasteiger partial charge >= 0.3 is 0 Å². The van der Waals surface area contributed by atoms with Crippen LogP contribution >= 0.6 is 15.9 Å². The van der Waals surface area contributed by atoms with Crippen LogP contribution in [-0.4, -0.2) is 39.8 Å². The molecular weight excluding hydrogens is 336 g/mol. The summed E-state index contributed by atoms with van der Waals surface area (Å²) in [5.41, 5.74) is 1.01. The van der Waals surface area contributed by atoms with Crippen LogP contribution in [0.3, 0.4) is 0 Å². The monoisotopic (exact) mass is 359 g/mol. The molecule has 118 valence electrons. The van der Waals surface area contributed by atoms with Crippen molar-refractivity contribution in [1.29, 1.82) is 0 Å². The van der Waals surface area contributed by atoms with Crippen molar-refractivity contribution in [2.24, 2.45) is 0 Å². The van der Waals surface area contributed by atoms with Crippen molar-refractivity contribution in [3.8, 4) is 11.5 Å². The van der Waals surface area contributed by atoms with E-state index in [1.165, 1.54) is 0 Å². The first-order valence-electron chi connectivity index (χ1n) is 6.88. The van der Waals surface area contributed by atoms with Gasteiger partial charge in [0.15, 0.2) is 6.54 Å². The van der Waals surface area contributed by atoms with Gasteiger partial charge < -0.3 is 19.7 Å². The molecule has 5 nitrogen and oxygen atoms in total. The highest BCUT2D eigenvalue weighted by Crippen LogP contribution is 2.32.